The van der Waals surface area contributed by atoms with Crippen LogP contribution in [0.25, 0.3) is 11.2 Å². The highest BCUT2D eigenvalue weighted by Gasteiger charge is 2.20. The normalized spacial score (nSPS) is 11.8. The van der Waals surface area contributed by atoms with Crippen molar-refractivity contribution in [2.24, 2.45) is 0 Å². The van der Waals surface area contributed by atoms with Crippen LogP contribution in [-0.2, 0) is 16.8 Å². The van der Waals surface area contributed by atoms with Gasteiger partial charge in [-0.05, 0) is 13.0 Å². The summed E-state index contributed by atoms with van der Waals surface area (Å²) in [6, 6.07) is 1.67. The first kappa shape index (κ1) is 15.2. The number of H-pyrrole nitrogens is 1. The first-order valence-corrected chi connectivity index (χ1v) is 7.27. The molecule has 0 aliphatic carbocycles. The summed E-state index contributed by atoms with van der Waals surface area (Å²) in [4.78, 5) is 27.6. The van der Waals surface area contributed by atoms with Gasteiger partial charge in [0.1, 0.15) is 11.6 Å². The van der Waals surface area contributed by atoms with Crippen LogP contribution in [0.15, 0.2) is 22.9 Å². The van der Waals surface area contributed by atoms with Gasteiger partial charge in [0.15, 0.2) is 12.3 Å². The van der Waals surface area contributed by atoms with E-state index in [9.17, 15) is 4.79 Å². The Morgan fingerprint density at radius 2 is 2.09 bits per heavy atom. The van der Waals surface area contributed by atoms with Crippen LogP contribution >= 0.6 is 0 Å². The summed E-state index contributed by atoms with van der Waals surface area (Å²) < 4.78 is 10.8. The number of esters is 1. The SMILES string of the molecule is Cc1nc2ncc(C(=O)OCc3ncc(C(C)(C)C)o3)cc2[nH]1. The van der Waals surface area contributed by atoms with Crippen molar-refractivity contribution in [1.82, 2.24) is 19.9 Å². The van der Waals surface area contributed by atoms with E-state index in [0.717, 1.165) is 11.6 Å². The molecule has 1 N–H and O–H groups in total. The zero-order chi connectivity index (χ0) is 16.6. The molecule has 3 aromatic rings. The summed E-state index contributed by atoms with van der Waals surface area (Å²) >= 11 is 0. The average molecular weight is 314 g/mol. The standard InChI is InChI=1S/C16H18N4O3/c1-9-19-11-5-10(6-18-14(11)20-9)15(21)22-8-13-17-7-12(23-13)16(2,3)4/h5-7H,8H2,1-4H3,(H,18,19,20). The molecule has 3 aromatic heterocycles. The fourth-order valence-electron chi connectivity index (χ4n) is 2.07. The number of ether oxygens (including phenoxy) is 1. The van der Waals surface area contributed by atoms with Crippen LogP contribution in [0.2, 0.25) is 0 Å². The minimum atomic E-state index is -0.484. The molecule has 0 saturated carbocycles. The maximum absolute atomic E-state index is 12.1. The molecule has 0 radical (unpaired) electrons. The van der Waals surface area contributed by atoms with Gasteiger partial charge in [-0.2, -0.15) is 0 Å². The Morgan fingerprint density at radius 1 is 1.30 bits per heavy atom. The van der Waals surface area contributed by atoms with Gasteiger partial charge in [-0.1, -0.05) is 20.8 Å². The monoisotopic (exact) mass is 314 g/mol. The molecule has 3 heterocycles. The summed E-state index contributed by atoms with van der Waals surface area (Å²) in [7, 11) is 0. The number of aromatic nitrogens is 4. The van der Waals surface area contributed by atoms with Crippen molar-refractivity contribution in [3.05, 3.63) is 41.5 Å². The molecule has 0 fully saturated rings. The Balaban J connectivity index is 1.69. The molecule has 0 amide bonds. The molecular formula is C16H18N4O3. The van der Waals surface area contributed by atoms with E-state index in [1.54, 1.807) is 12.3 Å². The van der Waals surface area contributed by atoms with Crippen molar-refractivity contribution in [2.45, 2.75) is 39.7 Å². The Labute approximate surface area is 133 Å². The van der Waals surface area contributed by atoms with Crippen molar-refractivity contribution in [3.8, 4) is 0 Å². The number of oxazole rings is 1. The number of nitrogens with one attached hydrogen (secondary N) is 1. The van der Waals surface area contributed by atoms with E-state index >= 15 is 0 Å². The van der Waals surface area contributed by atoms with Gasteiger partial charge >= 0.3 is 5.97 Å². The minimum Gasteiger partial charge on any atom is -0.452 e. The number of fused-ring (bicyclic) bond motifs is 1. The fourth-order valence-corrected chi connectivity index (χ4v) is 2.07. The molecule has 0 saturated heterocycles. The van der Waals surface area contributed by atoms with Crippen LogP contribution in [0, 0.1) is 6.92 Å². The van der Waals surface area contributed by atoms with Crippen LogP contribution in [0.4, 0.5) is 0 Å². The third-order valence-corrected chi connectivity index (χ3v) is 3.31. The number of rotatable bonds is 3. The Kier molecular flexibility index (Phi) is 3.63. The molecule has 0 unspecified atom stereocenters. The molecule has 23 heavy (non-hydrogen) atoms. The lowest BCUT2D eigenvalue weighted by Gasteiger charge is -2.13. The number of carbonyl (C=O) groups excluding carboxylic acids is 1. The maximum atomic E-state index is 12.1. The summed E-state index contributed by atoms with van der Waals surface area (Å²) in [6.07, 6.45) is 3.10. The second-order valence-electron chi connectivity index (χ2n) is 6.36. The lowest BCUT2D eigenvalue weighted by atomic mass is 9.94. The van der Waals surface area contributed by atoms with Gasteiger partial charge < -0.3 is 14.1 Å². The molecule has 7 nitrogen and oxygen atoms in total. The van der Waals surface area contributed by atoms with Gasteiger partial charge in [-0.25, -0.2) is 19.7 Å². The highest BCUT2D eigenvalue weighted by Crippen LogP contribution is 2.23. The second kappa shape index (κ2) is 5.49. The number of carbonyl (C=O) groups is 1. The number of pyridine rings is 1. The molecule has 0 aliphatic rings. The topological polar surface area (TPSA) is 93.9 Å². The van der Waals surface area contributed by atoms with E-state index in [4.69, 9.17) is 9.15 Å². The summed E-state index contributed by atoms with van der Waals surface area (Å²) in [5, 5.41) is 0. The Morgan fingerprint density at radius 3 is 2.78 bits per heavy atom. The van der Waals surface area contributed by atoms with E-state index in [1.165, 1.54) is 6.20 Å². The van der Waals surface area contributed by atoms with Crippen LogP contribution in [0.3, 0.4) is 0 Å². The van der Waals surface area contributed by atoms with Gasteiger partial charge in [0, 0.05) is 11.6 Å². The van der Waals surface area contributed by atoms with E-state index < -0.39 is 5.97 Å². The van der Waals surface area contributed by atoms with Crippen molar-refractivity contribution in [1.29, 1.82) is 0 Å². The van der Waals surface area contributed by atoms with Crippen molar-refractivity contribution < 1.29 is 13.9 Å². The molecule has 7 heteroatoms. The smallest absolute Gasteiger partial charge is 0.340 e. The Hall–Kier alpha value is -2.70. The zero-order valence-corrected chi connectivity index (χ0v) is 13.5. The average Bonchev–Trinajstić information content (AvgIpc) is 3.08. The summed E-state index contributed by atoms with van der Waals surface area (Å²) in [5.74, 6) is 1.38. The zero-order valence-electron chi connectivity index (χ0n) is 13.5. The molecule has 0 atom stereocenters. The van der Waals surface area contributed by atoms with Gasteiger partial charge in [-0.3, -0.25) is 0 Å². The highest BCUT2D eigenvalue weighted by atomic mass is 16.5. The second-order valence-corrected chi connectivity index (χ2v) is 6.36. The van der Waals surface area contributed by atoms with E-state index in [0.29, 0.717) is 22.6 Å². The molecule has 0 spiro atoms. The number of nitrogens with zero attached hydrogens (tertiary/aromatic N) is 3. The van der Waals surface area contributed by atoms with Gasteiger partial charge in [-0.15, -0.1) is 0 Å². The predicted octanol–water partition coefficient (Wildman–Crippen LogP) is 2.91. The quantitative estimate of drug-likeness (QED) is 0.747. The number of hydrogen-bond donors (Lipinski definition) is 1. The maximum Gasteiger partial charge on any atom is 0.340 e. The van der Waals surface area contributed by atoms with Crippen molar-refractivity contribution in [3.63, 3.8) is 0 Å². The molecular weight excluding hydrogens is 296 g/mol. The lowest BCUT2D eigenvalue weighted by molar-refractivity contribution is 0.0435. The number of hydrogen-bond acceptors (Lipinski definition) is 6. The lowest BCUT2D eigenvalue weighted by Crippen LogP contribution is -2.09. The first-order chi connectivity index (χ1) is 10.8. The van der Waals surface area contributed by atoms with Crippen LogP contribution < -0.4 is 0 Å². The summed E-state index contributed by atoms with van der Waals surface area (Å²) in [6.45, 7) is 7.88. The highest BCUT2D eigenvalue weighted by molar-refractivity contribution is 5.92. The van der Waals surface area contributed by atoms with Gasteiger partial charge in [0.05, 0.1) is 17.3 Å². The van der Waals surface area contributed by atoms with Crippen LogP contribution in [0.5, 0.6) is 0 Å². The third kappa shape index (κ3) is 3.23. The minimum absolute atomic E-state index is 0.0189. The largest absolute Gasteiger partial charge is 0.452 e. The predicted molar refractivity (Wildman–Crippen MR) is 82.9 cm³/mol. The molecule has 0 bridgehead atoms. The Bertz CT molecular complexity index is 858. The molecule has 0 aromatic carbocycles. The molecule has 120 valence electrons. The van der Waals surface area contributed by atoms with Crippen LogP contribution in [-0.4, -0.2) is 25.9 Å². The first-order valence-electron chi connectivity index (χ1n) is 7.27. The summed E-state index contributed by atoms with van der Waals surface area (Å²) in [5.41, 5.74) is 1.48. The van der Waals surface area contributed by atoms with E-state index in [-0.39, 0.29) is 12.0 Å². The number of aryl methyl sites for hydroxylation is 1. The van der Waals surface area contributed by atoms with E-state index in [1.807, 2.05) is 27.7 Å². The van der Waals surface area contributed by atoms with Gasteiger partial charge in [0.25, 0.3) is 0 Å². The number of aromatic amines is 1. The molecule has 3 rings (SSSR count). The number of imidazole rings is 1. The molecule has 0 aliphatic heterocycles. The fraction of sp³-hybridized carbons (Fsp3) is 0.375. The van der Waals surface area contributed by atoms with Crippen LogP contribution in [0.1, 0.15) is 48.6 Å². The third-order valence-electron chi connectivity index (χ3n) is 3.31. The van der Waals surface area contributed by atoms with Crippen molar-refractivity contribution in [2.75, 3.05) is 0 Å². The van der Waals surface area contributed by atoms with Gasteiger partial charge in [0.2, 0.25) is 5.89 Å². The van der Waals surface area contributed by atoms with Crippen molar-refractivity contribution >= 4 is 17.1 Å². The van der Waals surface area contributed by atoms with E-state index in [2.05, 4.69) is 19.9 Å².